The molecule has 5 nitrogen and oxygen atoms in total. The zero-order valence-corrected chi connectivity index (χ0v) is 14.0. The van der Waals surface area contributed by atoms with Crippen LogP contribution in [0.4, 0.5) is 0 Å². The van der Waals surface area contributed by atoms with Gasteiger partial charge in [0.1, 0.15) is 19.5 Å². The maximum atomic E-state index is 12.2. The zero-order chi connectivity index (χ0) is 15.7. The van der Waals surface area contributed by atoms with Crippen molar-refractivity contribution in [3.63, 3.8) is 0 Å². The fraction of sp³-hybridized carbons (Fsp3) is 0.286. The van der Waals surface area contributed by atoms with E-state index in [1.54, 1.807) is 6.07 Å². The summed E-state index contributed by atoms with van der Waals surface area (Å²) in [7, 11) is 0. The Bertz CT molecular complexity index is 838. The average Bonchev–Trinajstić information content (AvgIpc) is 2.85. The number of amides is 1. The number of rotatable bonds is 2. The summed E-state index contributed by atoms with van der Waals surface area (Å²) in [5, 5.41) is 1.08. The highest BCUT2D eigenvalue weighted by molar-refractivity contribution is 7.16. The van der Waals surface area contributed by atoms with Crippen molar-refractivity contribution in [2.24, 2.45) is 4.99 Å². The highest BCUT2D eigenvalue weighted by Gasteiger charge is 2.16. The normalized spacial score (nSPS) is 15.4. The number of thiazole rings is 1. The standard InChI is InChI=1S/C14H12Cl2N2O3S/c1-2-18-12-9(16)5-8(15)6-11(12)22-14(18)17-13(19)10-7-20-3-4-21-10/h5-7H,2-4H2,1H3. The van der Waals surface area contributed by atoms with E-state index >= 15 is 0 Å². The van der Waals surface area contributed by atoms with E-state index in [9.17, 15) is 4.79 Å². The molecule has 1 aliphatic heterocycles. The minimum atomic E-state index is -0.476. The number of halogens is 2. The van der Waals surface area contributed by atoms with Gasteiger partial charge in [-0.1, -0.05) is 34.5 Å². The molecule has 0 spiro atoms. The Morgan fingerprint density at radius 3 is 2.91 bits per heavy atom. The molecule has 3 rings (SSSR count). The number of aryl methyl sites for hydroxylation is 1. The lowest BCUT2D eigenvalue weighted by Gasteiger charge is -2.12. The van der Waals surface area contributed by atoms with E-state index in [2.05, 4.69) is 4.99 Å². The third-order valence-electron chi connectivity index (χ3n) is 3.07. The van der Waals surface area contributed by atoms with Gasteiger partial charge in [0, 0.05) is 11.6 Å². The first-order valence-corrected chi connectivity index (χ1v) is 8.19. The molecule has 1 aromatic carbocycles. The molecule has 0 aliphatic carbocycles. The van der Waals surface area contributed by atoms with Crippen molar-refractivity contribution in [2.75, 3.05) is 13.2 Å². The molecule has 1 amide bonds. The number of hydrogen-bond acceptors (Lipinski definition) is 4. The molecular formula is C14H12Cl2N2O3S. The van der Waals surface area contributed by atoms with E-state index in [1.165, 1.54) is 17.6 Å². The maximum Gasteiger partial charge on any atom is 0.317 e. The third-order valence-corrected chi connectivity index (χ3v) is 4.60. The van der Waals surface area contributed by atoms with Gasteiger partial charge in [-0.2, -0.15) is 4.99 Å². The summed E-state index contributed by atoms with van der Waals surface area (Å²) in [6, 6.07) is 3.49. The summed E-state index contributed by atoms with van der Waals surface area (Å²) in [5.74, 6) is -0.369. The molecule has 2 aromatic rings. The molecule has 0 N–H and O–H groups in total. The van der Waals surface area contributed by atoms with Crippen LogP contribution in [0.2, 0.25) is 10.0 Å². The lowest BCUT2D eigenvalue weighted by Crippen LogP contribution is -2.19. The van der Waals surface area contributed by atoms with Crippen molar-refractivity contribution in [1.29, 1.82) is 0 Å². The molecule has 0 fully saturated rings. The Balaban J connectivity index is 2.14. The Labute approximate surface area is 140 Å². The number of carbonyl (C=O) groups excluding carboxylic acids is 1. The molecule has 0 bridgehead atoms. The lowest BCUT2D eigenvalue weighted by atomic mass is 10.3. The van der Waals surface area contributed by atoms with E-state index in [4.69, 9.17) is 32.7 Å². The van der Waals surface area contributed by atoms with Crippen LogP contribution in [-0.4, -0.2) is 23.7 Å². The molecular weight excluding hydrogens is 347 g/mol. The van der Waals surface area contributed by atoms with Crippen LogP contribution in [0.25, 0.3) is 10.2 Å². The highest BCUT2D eigenvalue weighted by Crippen LogP contribution is 2.29. The van der Waals surface area contributed by atoms with Gasteiger partial charge in [0.25, 0.3) is 0 Å². The van der Waals surface area contributed by atoms with Gasteiger partial charge in [0.2, 0.25) is 5.76 Å². The monoisotopic (exact) mass is 358 g/mol. The summed E-state index contributed by atoms with van der Waals surface area (Å²) in [6.07, 6.45) is 1.29. The first kappa shape index (κ1) is 15.4. The SMILES string of the molecule is CCn1c(=NC(=O)C2=COCCO2)sc2cc(Cl)cc(Cl)c21. The Hall–Kier alpha value is -1.50. The first-order valence-electron chi connectivity index (χ1n) is 6.62. The number of hydrogen-bond donors (Lipinski definition) is 0. The van der Waals surface area contributed by atoms with E-state index < -0.39 is 5.91 Å². The Morgan fingerprint density at radius 1 is 1.41 bits per heavy atom. The average molecular weight is 359 g/mol. The zero-order valence-electron chi connectivity index (χ0n) is 11.6. The number of nitrogens with zero attached hydrogens (tertiary/aromatic N) is 2. The topological polar surface area (TPSA) is 52.8 Å². The quantitative estimate of drug-likeness (QED) is 0.826. The van der Waals surface area contributed by atoms with Gasteiger partial charge in [0.15, 0.2) is 4.80 Å². The second kappa shape index (κ2) is 6.32. The summed E-state index contributed by atoms with van der Waals surface area (Å²) in [5.41, 5.74) is 0.819. The molecule has 1 aromatic heterocycles. The van der Waals surface area contributed by atoms with Crippen molar-refractivity contribution in [3.05, 3.63) is 39.0 Å². The van der Waals surface area contributed by atoms with E-state index in [0.717, 1.165) is 10.2 Å². The molecule has 116 valence electrons. The lowest BCUT2D eigenvalue weighted by molar-refractivity contribution is -0.119. The molecule has 8 heteroatoms. The first-order chi connectivity index (χ1) is 10.6. The maximum absolute atomic E-state index is 12.2. The molecule has 0 saturated heterocycles. The van der Waals surface area contributed by atoms with Crippen molar-refractivity contribution in [2.45, 2.75) is 13.5 Å². The summed E-state index contributed by atoms with van der Waals surface area (Å²) >= 11 is 13.6. The fourth-order valence-electron chi connectivity index (χ4n) is 2.13. The molecule has 0 unspecified atom stereocenters. The van der Waals surface area contributed by atoms with Crippen LogP contribution in [0.5, 0.6) is 0 Å². The predicted octanol–water partition coefficient (Wildman–Crippen LogP) is 3.35. The van der Waals surface area contributed by atoms with Crippen LogP contribution in [-0.2, 0) is 20.8 Å². The van der Waals surface area contributed by atoms with Gasteiger partial charge in [-0.05, 0) is 19.1 Å². The number of fused-ring (bicyclic) bond motifs is 1. The van der Waals surface area contributed by atoms with Crippen molar-refractivity contribution >= 4 is 50.7 Å². The minimum absolute atomic E-state index is 0.107. The largest absolute Gasteiger partial charge is 0.494 e. The third kappa shape index (κ3) is 2.86. The van der Waals surface area contributed by atoms with Crippen molar-refractivity contribution in [1.82, 2.24) is 4.57 Å². The van der Waals surface area contributed by atoms with Gasteiger partial charge in [-0.25, -0.2) is 0 Å². The second-order valence-electron chi connectivity index (χ2n) is 4.48. The summed E-state index contributed by atoms with van der Waals surface area (Å²) < 4.78 is 13.1. The van der Waals surface area contributed by atoms with E-state index in [1.807, 2.05) is 17.6 Å². The molecule has 2 heterocycles. The predicted molar refractivity (Wildman–Crippen MR) is 86.1 cm³/mol. The second-order valence-corrected chi connectivity index (χ2v) is 6.33. The van der Waals surface area contributed by atoms with Gasteiger partial charge < -0.3 is 14.0 Å². The van der Waals surface area contributed by atoms with Gasteiger partial charge in [-0.3, -0.25) is 4.79 Å². The van der Waals surface area contributed by atoms with E-state index in [-0.39, 0.29) is 5.76 Å². The summed E-state index contributed by atoms with van der Waals surface area (Å²) in [4.78, 5) is 16.8. The number of ether oxygens (including phenoxy) is 2. The van der Waals surface area contributed by atoms with Crippen molar-refractivity contribution < 1.29 is 14.3 Å². The molecule has 22 heavy (non-hydrogen) atoms. The number of carbonyl (C=O) groups is 1. The van der Waals surface area contributed by atoms with Crippen LogP contribution >= 0.6 is 34.5 Å². The van der Waals surface area contributed by atoms with Crippen LogP contribution in [0.1, 0.15) is 6.92 Å². The number of benzene rings is 1. The minimum Gasteiger partial charge on any atom is -0.494 e. The number of aromatic nitrogens is 1. The molecule has 0 atom stereocenters. The fourth-order valence-corrected chi connectivity index (χ4v) is 4.00. The Kier molecular flexibility index (Phi) is 4.42. The Morgan fingerprint density at radius 2 is 2.23 bits per heavy atom. The summed E-state index contributed by atoms with van der Waals surface area (Å²) in [6.45, 7) is 3.36. The van der Waals surface area contributed by atoms with Gasteiger partial charge >= 0.3 is 5.91 Å². The molecule has 0 radical (unpaired) electrons. The van der Waals surface area contributed by atoms with Gasteiger partial charge in [0.05, 0.1) is 15.2 Å². The van der Waals surface area contributed by atoms with Crippen LogP contribution < -0.4 is 4.80 Å². The van der Waals surface area contributed by atoms with Crippen LogP contribution in [0.15, 0.2) is 29.1 Å². The highest BCUT2D eigenvalue weighted by atomic mass is 35.5. The molecule has 0 saturated carbocycles. The van der Waals surface area contributed by atoms with Crippen LogP contribution in [0, 0.1) is 0 Å². The smallest absolute Gasteiger partial charge is 0.317 e. The van der Waals surface area contributed by atoms with Crippen LogP contribution in [0.3, 0.4) is 0 Å². The molecule has 1 aliphatic rings. The van der Waals surface area contributed by atoms with Crippen molar-refractivity contribution in [3.8, 4) is 0 Å². The van der Waals surface area contributed by atoms with E-state index in [0.29, 0.717) is 34.6 Å². The van der Waals surface area contributed by atoms with Gasteiger partial charge in [-0.15, -0.1) is 0 Å².